The quantitative estimate of drug-likeness (QED) is 0.729. The van der Waals surface area contributed by atoms with Gasteiger partial charge >= 0.3 is 0 Å². The summed E-state index contributed by atoms with van der Waals surface area (Å²) in [5.74, 6) is 0.907. The summed E-state index contributed by atoms with van der Waals surface area (Å²) in [7, 11) is 0. The van der Waals surface area contributed by atoms with Crippen molar-refractivity contribution in [3.63, 3.8) is 0 Å². The molecule has 1 aliphatic rings. The first-order chi connectivity index (χ1) is 12.2. The summed E-state index contributed by atoms with van der Waals surface area (Å²) in [6, 6.07) is 9.57. The molecule has 6 heteroatoms. The molecule has 6 nitrogen and oxygen atoms in total. The van der Waals surface area contributed by atoms with Crippen LogP contribution in [0.5, 0.6) is 0 Å². The molecule has 0 amide bonds. The fraction of sp³-hybridized carbons (Fsp3) is 0.368. The molecule has 130 valence electrons. The van der Waals surface area contributed by atoms with Crippen molar-refractivity contribution in [2.24, 2.45) is 0 Å². The highest BCUT2D eigenvalue weighted by Crippen LogP contribution is 2.24. The molecule has 4 heterocycles. The topological polar surface area (TPSA) is 60.0 Å². The number of hydrogen-bond acceptors (Lipinski definition) is 5. The number of ether oxygens (including phenoxy) is 1. The number of fused-ring (bicyclic) bond motifs is 1. The molecule has 1 atom stereocenters. The average Bonchev–Trinajstić information content (AvgIpc) is 3.16. The molecule has 1 unspecified atom stereocenters. The number of morpholine rings is 1. The largest absolute Gasteiger partial charge is 0.468 e. The van der Waals surface area contributed by atoms with Gasteiger partial charge in [0.1, 0.15) is 11.4 Å². The lowest BCUT2D eigenvalue weighted by atomic mass is 10.1. The first-order valence-corrected chi connectivity index (χ1v) is 8.56. The van der Waals surface area contributed by atoms with E-state index in [9.17, 15) is 4.79 Å². The summed E-state index contributed by atoms with van der Waals surface area (Å²) >= 11 is 0. The highest BCUT2D eigenvalue weighted by atomic mass is 16.5. The number of furan rings is 1. The number of aryl methyl sites for hydroxylation is 1. The molecule has 0 radical (unpaired) electrons. The van der Waals surface area contributed by atoms with Gasteiger partial charge in [0, 0.05) is 30.5 Å². The summed E-state index contributed by atoms with van der Waals surface area (Å²) < 4.78 is 12.8. The summed E-state index contributed by atoms with van der Waals surface area (Å²) in [6.07, 6.45) is 4.12. The maximum atomic E-state index is 12.8. The number of nitrogens with zero attached hydrogens (tertiary/aromatic N) is 3. The Balaban J connectivity index is 1.58. The molecule has 3 aromatic heterocycles. The molecule has 4 rings (SSSR count). The van der Waals surface area contributed by atoms with Crippen LogP contribution in [0.1, 0.15) is 23.1 Å². The maximum Gasteiger partial charge on any atom is 0.261 e. The molecule has 1 saturated heterocycles. The Kier molecular flexibility index (Phi) is 4.38. The van der Waals surface area contributed by atoms with Crippen LogP contribution in [0.3, 0.4) is 0 Å². The SMILES string of the molecule is Cc1nc2ccccn2c(=O)c1CCN1CCOCC1c1ccco1. The fourth-order valence-electron chi connectivity index (χ4n) is 3.43. The summed E-state index contributed by atoms with van der Waals surface area (Å²) in [5, 5.41) is 0. The van der Waals surface area contributed by atoms with Gasteiger partial charge in [-0.3, -0.25) is 14.1 Å². The molecule has 3 aromatic rings. The van der Waals surface area contributed by atoms with Crippen LogP contribution in [-0.4, -0.2) is 40.6 Å². The highest BCUT2D eigenvalue weighted by molar-refractivity contribution is 5.40. The van der Waals surface area contributed by atoms with Gasteiger partial charge in [-0.2, -0.15) is 0 Å². The van der Waals surface area contributed by atoms with E-state index in [1.807, 2.05) is 37.3 Å². The van der Waals surface area contributed by atoms with Gasteiger partial charge in [-0.05, 0) is 37.6 Å². The summed E-state index contributed by atoms with van der Waals surface area (Å²) in [6.45, 7) is 4.82. The first kappa shape index (κ1) is 16.1. The molecular formula is C19H21N3O3. The molecular weight excluding hydrogens is 318 g/mol. The lowest BCUT2D eigenvalue weighted by Crippen LogP contribution is -2.41. The molecule has 1 fully saturated rings. The van der Waals surface area contributed by atoms with E-state index >= 15 is 0 Å². The van der Waals surface area contributed by atoms with Gasteiger partial charge in [-0.1, -0.05) is 6.07 Å². The van der Waals surface area contributed by atoms with Crippen molar-refractivity contribution in [3.8, 4) is 0 Å². The minimum absolute atomic E-state index is 0.0194. The monoisotopic (exact) mass is 339 g/mol. The molecule has 25 heavy (non-hydrogen) atoms. The van der Waals surface area contributed by atoms with Gasteiger partial charge in [0.2, 0.25) is 0 Å². The van der Waals surface area contributed by atoms with Crippen molar-refractivity contribution >= 4 is 5.65 Å². The lowest BCUT2D eigenvalue weighted by Gasteiger charge is -2.34. The Hall–Kier alpha value is -2.44. The molecule has 1 aliphatic heterocycles. The average molecular weight is 339 g/mol. The Labute approximate surface area is 145 Å². The number of rotatable bonds is 4. The molecule has 0 aliphatic carbocycles. The Morgan fingerprint density at radius 2 is 2.20 bits per heavy atom. The van der Waals surface area contributed by atoms with Gasteiger partial charge in [0.05, 0.1) is 25.5 Å². The van der Waals surface area contributed by atoms with Crippen LogP contribution in [0.25, 0.3) is 5.65 Å². The number of aromatic nitrogens is 2. The van der Waals surface area contributed by atoms with Crippen molar-refractivity contribution in [1.29, 1.82) is 0 Å². The third-order valence-electron chi connectivity index (χ3n) is 4.79. The van der Waals surface area contributed by atoms with Crippen molar-refractivity contribution in [2.75, 3.05) is 26.3 Å². The molecule has 0 N–H and O–H groups in total. The Morgan fingerprint density at radius 3 is 3.04 bits per heavy atom. The number of pyridine rings is 1. The van der Waals surface area contributed by atoms with Crippen molar-refractivity contribution in [1.82, 2.24) is 14.3 Å². The van der Waals surface area contributed by atoms with Gasteiger partial charge in [0.25, 0.3) is 5.56 Å². The van der Waals surface area contributed by atoms with Crippen molar-refractivity contribution < 1.29 is 9.15 Å². The van der Waals surface area contributed by atoms with Gasteiger partial charge in [-0.15, -0.1) is 0 Å². The smallest absolute Gasteiger partial charge is 0.261 e. The molecule has 0 spiro atoms. The first-order valence-electron chi connectivity index (χ1n) is 8.56. The van der Waals surface area contributed by atoms with E-state index in [-0.39, 0.29) is 11.6 Å². The zero-order chi connectivity index (χ0) is 17.2. The van der Waals surface area contributed by atoms with Gasteiger partial charge in [-0.25, -0.2) is 4.98 Å². The third kappa shape index (κ3) is 3.10. The third-order valence-corrected chi connectivity index (χ3v) is 4.79. The summed E-state index contributed by atoms with van der Waals surface area (Å²) in [5.41, 5.74) is 2.28. The minimum Gasteiger partial charge on any atom is -0.468 e. The van der Waals surface area contributed by atoms with E-state index in [1.54, 1.807) is 16.9 Å². The standard InChI is InChI=1S/C19H21N3O3/c1-14-15(19(23)22-8-3-2-6-18(22)20-14)7-9-21-10-12-24-13-16(21)17-5-4-11-25-17/h2-6,8,11,16H,7,9-10,12-13H2,1H3. The van der Waals surface area contributed by atoms with E-state index in [4.69, 9.17) is 9.15 Å². The van der Waals surface area contributed by atoms with Gasteiger partial charge in [0.15, 0.2) is 0 Å². The van der Waals surface area contributed by atoms with E-state index in [2.05, 4.69) is 9.88 Å². The van der Waals surface area contributed by atoms with Crippen LogP contribution in [0.15, 0.2) is 52.0 Å². The van der Waals surface area contributed by atoms with Crippen LogP contribution >= 0.6 is 0 Å². The molecule has 0 bridgehead atoms. The molecule has 0 saturated carbocycles. The van der Waals surface area contributed by atoms with Crippen LogP contribution in [0.2, 0.25) is 0 Å². The maximum absolute atomic E-state index is 12.8. The van der Waals surface area contributed by atoms with Crippen LogP contribution in [-0.2, 0) is 11.2 Å². The van der Waals surface area contributed by atoms with Crippen molar-refractivity contribution in [3.05, 3.63) is 70.2 Å². The zero-order valence-corrected chi connectivity index (χ0v) is 14.2. The lowest BCUT2D eigenvalue weighted by molar-refractivity contribution is -0.0155. The predicted molar refractivity (Wildman–Crippen MR) is 93.7 cm³/mol. The second-order valence-corrected chi connectivity index (χ2v) is 6.30. The van der Waals surface area contributed by atoms with E-state index < -0.39 is 0 Å². The minimum atomic E-state index is 0.0194. The zero-order valence-electron chi connectivity index (χ0n) is 14.2. The number of hydrogen-bond donors (Lipinski definition) is 0. The van der Waals surface area contributed by atoms with E-state index in [0.29, 0.717) is 25.3 Å². The van der Waals surface area contributed by atoms with E-state index in [0.717, 1.165) is 30.1 Å². The normalized spacial score (nSPS) is 18.7. The van der Waals surface area contributed by atoms with Gasteiger partial charge < -0.3 is 9.15 Å². The summed E-state index contributed by atoms with van der Waals surface area (Å²) in [4.78, 5) is 19.7. The van der Waals surface area contributed by atoms with Crippen LogP contribution < -0.4 is 5.56 Å². The second kappa shape index (κ2) is 6.82. The van der Waals surface area contributed by atoms with Crippen LogP contribution in [0, 0.1) is 6.92 Å². The van der Waals surface area contributed by atoms with E-state index in [1.165, 1.54) is 0 Å². The predicted octanol–water partition coefficient (Wildman–Crippen LogP) is 2.21. The van der Waals surface area contributed by atoms with Crippen LogP contribution in [0.4, 0.5) is 0 Å². The fourth-order valence-corrected chi connectivity index (χ4v) is 3.43. The Morgan fingerprint density at radius 1 is 1.28 bits per heavy atom. The Bertz CT molecular complexity index is 917. The highest BCUT2D eigenvalue weighted by Gasteiger charge is 2.26. The molecule has 0 aromatic carbocycles. The second-order valence-electron chi connectivity index (χ2n) is 6.30. The van der Waals surface area contributed by atoms with Crippen molar-refractivity contribution in [2.45, 2.75) is 19.4 Å².